The molecule has 0 aliphatic carbocycles. The molecule has 0 radical (unpaired) electrons. The molecule has 7 aromatic carbocycles. The Balaban J connectivity index is 1.17. The van der Waals surface area contributed by atoms with Crippen LogP contribution in [0.15, 0.2) is 206 Å². The average Bonchev–Trinajstić information content (AvgIpc) is 3.37. The molecule has 0 aromatic heterocycles. The van der Waals surface area contributed by atoms with Gasteiger partial charge in [-0.05, 0) is 51.1 Å². The van der Waals surface area contributed by atoms with Crippen LogP contribution >= 0.6 is 0 Å². The predicted molar refractivity (Wildman–Crippen MR) is 248 cm³/mol. The van der Waals surface area contributed by atoms with Crippen LogP contribution in [0.5, 0.6) is 5.75 Å². The zero-order valence-electron chi connectivity index (χ0n) is 36.1. The first-order valence-corrected chi connectivity index (χ1v) is 21.9. The fraction of sp³-hybridized carbons (Fsp3) is 0.250. The molecule has 0 saturated carbocycles. The van der Waals surface area contributed by atoms with E-state index in [1.54, 1.807) is 7.11 Å². The predicted octanol–water partition coefficient (Wildman–Crippen LogP) is 10.1. The first kappa shape index (κ1) is 44.7. The lowest BCUT2D eigenvalue weighted by molar-refractivity contribution is -0.290. The molecule has 1 N–H and O–H groups in total. The summed E-state index contributed by atoms with van der Waals surface area (Å²) in [5, 5.41) is 12.7. The van der Waals surface area contributed by atoms with Gasteiger partial charge in [-0.3, -0.25) is 0 Å². The summed E-state index contributed by atoms with van der Waals surface area (Å²) in [5.41, 5.74) is 5.60. The summed E-state index contributed by atoms with van der Waals surface area (Å²) in [5.74, 6) is 0.741. The van der Waals surface area contributed by atoms with E-state index < -0.39 is 42.2 Å². The fourth-order valence-electron chi connectivity index (χ4n) is 8.36. The van der Waals surface area contributed by atoms with Crippen LogP contribution in [0.4, 0.5) is 0 Å². The summed E-state index contributed by atoms with van der Waals surface area (Å²) in [7, 11) is 1.64. The van der Waals surface area contributed by atoms with Gasteiger partial charge in [0.25, 0.3) is 0 Å². The molecule has 8 heteroatoms. The number of benzene rings is 7. The number of rotatable bonds is 21. The molecule has 1 fully saturated rings. The van der Waals surface area contributed by atoms with Gasteiger partial charge in [-0.25, -0.2) is 0 Å². The smallest absolute Gasteiger partial charge is 0.143 e. The first-order chi connectivity index (χ1) is 31.6. The lowest BCUT2D eigenvalue weighted by Crippen LogP contribution is -2.64. The van der Waals surface area contributed by atoms with Gasteiger partial charge in [-0.2, -0.15) is 0 Å². The second kappa shape index (κ2) is 22.6. The summed E-state index contributed by atoms with van der Waals surface area (Å²) < 4.78 is 47.0. The Morgan fingerprint density at radius 1 is 0.469 bits per heavy atom. The van der Waals surface area contributed by atoms with E-state index >= 15 is 0 Å². The third-order valence-corrected chi connectivity index (χ3v) is 11.6. The van der Waals surface area contributed by atoms with Crippen molar-refractivity contribution in [2.45, 2.75) is 68.7 Å². The SMILES string of the molecule is COc1ccc(CO[C@@H]2[C@@H](OCc3ccccc3)[C@H](OCc3ccccc3)[C@@H](COCc3ccccc3)O[C@H]2[C@H](O)COC(c2ccccc2)(c2ccccc2)c2ccccc2)cc1. The zero-order valence-corrected chi connectivity index (χ0v) is 36.1. The Morgan fingerprint density at radius 3 is 1.31 bits per heavy atom. The molecule has 1 aliphatic rings. The van der Waals surface area contributed by atoms with Crippen molar-refractivity contribution in [1.82, 2.24) is 0 Å². The van der Waals surface area contributed by atoms with E-state index in [0.717, 1.165) is 44.7 Å². The monoisotopic (exact) mass is 856 g/mol. The van der Waals surface area contributed by atoms with Gasteiger partial charge >= 0.3 is 0 Å². The molecule has 8 nitrogen and oxygen atoms in total. The minimum Gasteiger partial charge on any atom is -0.497 e. The molecule has 7 aromatic rings. The van der Waals surface area contributed by atoms with Crippen LogP contribution < -0.4 is 4.74 Å². The normalized spacial score (nSPS) is 19.2. The molecule has 6 atom stereocenters. The number of aliphatic hydroxyl groups is 1. The van der Waals surface area contributed by atoms with Gasteiger partial charge in [0, 0.05) is 0 Å². The van der Waals surface area contributed by atoms with Crippen molar-refractivity contribution in [3.8, 4) is 5.75 Å². The molecule has 0 bridgehead atoms. The highest BCUT2D eigenvalue weighted by Gasteiger charge is 2.51. The molecule has 1 aliphatic heterocycles. The molecule has 0 spiro atoms. The number of hydrogen-bond donors (Lipinski definition) is 1. The van der Waals surface area contributed by atoms with Crippen LogP contribution in [0.2, 0.25) is 0 Å². The zero-order chi connectivity index (χ0) is 43.8. The maximum Gasteiger partial charge on any atom is 0.143 e. The lowest BCUT2D eigenvalue weighted by atomic mass is 9.80. The van der Waals surface area contributed by atoms with Gasteiger partial charge in [0.15, 0.2) is 0 Å². The van der Waals surface area contributed by atoms with Crippen LogP contribution in [0, 0.1) is 0 Å². The van der Waals surface area contributed by atoms with Crippen molar-refractivity contribution in [2.75, 3.05) is 20.3 Å². The Labute approximate surface area is 376 Å². The third kappa shape index (κ3) is 11.2. The largest absolute Gasteiger partial charge is 0.497 e. The summed E-state index contributed by atoms with van der Waals surface area (Å²) >= 11 is 0. The van der Waals surface area contributed by atoms with E-state index in [0.29, 0.717) is 13.2 Å². The molecule has 1 heterocycles. The quantitative estimate of drug-likeness (QED) is 0.0716. The Kier molecular flexibility index (Phi) is 15.8. The van der Waals surface area contributed by atoms with E-state index in [2.05, 4.69) is 36.4 Å². The van der Waals surface area contributed by atoms with E-state index in [1.165, 1.54) is 0 Å². The maximum atomic E-state index is 12.7. The van der Waals surface area contributed by atoms with Gasteiger partial charge in [-0.1, -0.05) is 194 Å². The third-order valence-electron chi connectivity index (χ3n) is 11.6. The van der Waals surface area contributed by atoms with Gasteiger partial charge < -0.3 is 38.3 Å². The minimum absolute atomic E-state index is 0.121. The van der Waals surface area contributed by atoms with Crippen molar-refractivity contribution in [2.24, 2.45) is 0 Å². The minimum atomic E-state index is -1.20. The van der Waals surface area contributed by atoms with Crippen molar-refractivity contribution in [3.63, 3.8) is 0 Å². The van der Waals surface area contributed by atoms with Crippen LogP contribution in [-0.2, 0) is 60.4 Å². The summed E-state index contributed by atoms with van der Waals surface area (Å²) in [6.07, 6.45) is -5.03. The molecule has 1 saturated heterocycles. The highest BCUT2D eigenvalue weighted by Crippen LogP contribution is 2.41. The van der Waals surface area contributed by atoms with Crippen LogP contribution in [-0.4, -0.2) is 62.1 Å². The van der Waals surface area contributed by atoms with Crippen LogP contribution in [0.1, 0.15) is 38.9 Å². The average molecular weight is 857 g/mol. The van der Waals surface area contributed by atoms with Gasteiger partial charge in [-0.15, -0.1) is 0 Å². The maximum absolute atomic E-state index is 12.7. The van der Waals surface area contributed by atoms with E-state index in [1.807, 2.05) is 170 Å². The second-order valence-electron chi connectivity index (χ2n) is 15.9. The Morgan fingerprint density at radius 2 is 0.859 bits per heavy atom. The summed E-state index contributed by atoms with van der Waals surface area (Å²) in [4.78, 5) is 0. The lowest BCUT2D eigenvalue weighted by Gasteiger charge is -2.48. The van der Waals surface area contributed by atoms with Crippen molar-refractivity contribution in [1.29, 1.82) is 0 Å². The van der Waals surface area contributed by atoms with Gasteiger partial charge in [0.05, 0.1) is 46.8 Å². The summed E-state index contributed by atoms with van der Waals surface area (Å²) in [6.45, 7) is 1.18. The summed E-state index contributed by atoms with van der Waals surface area (Å²) in [6, 6.07) is 68.2. The number of aliphatic hydroxyl groups excluding tert-OH is 1. The van der Waals surface area contributed by atoms with Crippen molar-refractivity contribution >= 4 is 0 Å². The Hall–Kier alpha value is -5.94. The van der Waals surface area contributed by atoms with Gasteiger partial charge in [0.1, 0.15) is 48.0 Å². The van der Waals surface area contributed by atoms with E-state index in [9.17, 15) is 5.11 Å². The molecule has 64 heavy (non-hydrogen) atoms. The van der Waals surface area contributed by atoms with Crippen molar-refractivity contribution in [3.05, 3.63) is 245 Å². The topological polar surface area (TPSA) is 84.8 Å². The number of methoxy groups -OCH3 is 1. The second-order valence-corrected chi connectivity index (χ2v) is 15.9. The standard InChI is InChI=1S/C56H56O8/c1-58-49-34-32-45(33-35-49)39-61-54-52(50(57)40-63-56(46-26-14-5-15-27-46,47-28-16-6-17-29-47)48-30-18-7-19-31-48)64-51(41-59-36-42-20-8-2-9-21-42)53(60-37-43-22-10-3-11-23-43)55(54)62-38-44-24-12-4-13-25-44/h2-35,50-55,57H,36-41H2,1H3/t50-,51-,52+,53-,54+,55+/m1/s1. The number of ether oxygens (including phenoxy) is 7. The molecule has 0 amide bonds. The fourth-order valence-corrected chi connectivity index (χ4v) is 8.36. The highest BCUT2D eigenvalue weighted by atomic mass is 16.6. The highest BCUT2D eigenvalue weighted by molar-refractivity contribution is 5.47. The Bertz CT molecular complexity index is 2270. The molecule has 328 valence electrons. The first-order valence-electron chi connectivity index (χ1n) is 21.9. The van der Waals surface area contributed by atoms with Crippen LogP contribution in [0.3, 0.4) is 0 Å². The van der Waals surface area contributed by atoms with Crippen molar-refractivity contribution < 1.29 is 38.3 Å². The molecular formula is C56H56O8. The van der Waals surface area contributed by atoms with Crippen LogP contribution in [0.25, 0.3) is 0 Å². The van der Waals surface area contributed by atoms with Gasteiger partial charge in [0.2, 0.25) is 0 Å². The van der Waals surface area contributed by atoms with E-state index in [4.69, 9.17) is 33.2 Å². The molecule has 8 rings (SSSR count). The van der Waals surface area contributed by atoms with E-state index in [-0.39, 0.29) is 26.4 Å². The number of hydrogen-bond acceptors (Lipinski definition) is 8. The molecule has 0 unspecified atom stereocenters. The molecular weight excluding hydrogens is 801 g/mol.